The van der Waals surface area contributed by atoms with Crippen LogP contribution in [-0.4, -0.2) is 43.3 Å². The number of hydrogen-bond donors (Lipinski definition) is 1. The van der Waals surface area contributed by atoms with Crippen molar-refractivity contribution in [2.45, 2.75) is 30.0 Å². The van der Waals surface area contributed by atoms with Crippen LogP contribution >= 0.6 is 11.6 Å². The highest BCUT2D eigenvalue weighted by Crippen LogP contribution is 2.35. The number of amides is 1. The smallest absolute Gasteiger partial charge is 0.338 e. The molecule has 0 spiro atoms. The van der Waals surface area contributed by atoms with Gasteiger partial charge in [-0.15, -0.1) is 0 Å². The summed E-state index contributed by atoms with van der Waals surface area (Å²) in [6, 6.07) is 6.23. The summed E-state index contributed by atoms with van der Waals surface area (Å²) >= 11 is 5.70. The van der Waals surface area contributed by atoms with E-state index in [0.717, 1.165) is 12.1 Å². The third-order valence-corrected chi connectivity index (χ3v) is 6.58. The van der Waals surface area contributed by atoms with Crippen molar-refractivity contribution in [2.24, 2.45) is 0 Å². The van der Waals surface area contributed by atoms with Gasteiger partial charge < -0.3 is 4.90 Å². The summed E-state index contributed by atoms with van der Waals surface area (Å²) in [6.45, 7) is 0.433. The Kier molecular flexibility index (Phi) is 6.54. The van der Waals surface area contributed by atoms with Crippen LogP contribution in [0.3, 0.4) is 0 Å². The zero-order valence-electron chi connectivity index (χ0n) is 15.9. The third-order valence-electron chi connectivity index (χ3n) is 4.78. The van der Waals surface area contributed by atoms with Crippen molar-refractivity contribution >= 4 is 27.5 Å². The number of benzene rings is 1. The Bertz CT molecular complexity index is 1120. The molecule has 2 heterocycles. The third kappa shape index (κ3) is 5.33. The van der Waals surface area contributed by atoms with Crippen LogP contribution in [0.25, 0.3) is 0 Å². The van der Waals surface area contributed by atoms with Crippen LogP contribution in [-0.2, 0) is 16.2 Å². The van der Waals surface area contributed by atoms with E-state index >= 15 is 0 Å². The number of sulfonamides is 1. The molecule has 0 atom stereocenters. The van der Waals surface area contributed by atoms with Crippen molar-refractivity contribution in [3.05, 3.63) is 58.4 Å². The highest BCUT2D eigenvalue weighted by atomic mass is 35.5. The second kappa shape index (κ2) is 8.82. The number of aromatic nitrogens is 1. The Morgan fingerprint density at radius 1 is 1.23 bits per heavy atom. The molecule has 1 fully saturated rings. The number of alkyl halides is 3. The largest absolute Gasteiger partial charge is 0.417 e. The van der Waals surface area contributed by atoms with E-state index in [-0.39, 0.29) is 42.6 Å². The number of likely N-dealkylation sites (tertiary alicyclic amines) is 1. The normalized spacial score (nSPS) is 15.5. The minimum atomic E-state index is -4.95. The summed E-state index contributed by atoms with van der Waals surface area (Å²) in [7, 11) is -4.50. The molecule has 1 amide bonds. The lowest BCUT2D eigenvalue weighted by Crippen LogP contribution is -2.46. The fourth-order valence-electron chi connectivity index (χ4n) is 3.22. The quantitative estimate of drug-likeness (QED) is 0.688. The van der Waals surface area contributed by atoms with Gasteiger partial charge in [0.1, 0.15) is 5.15 Å². The molecule has 0 radical (unpaired) electrons. The first-order valence-corrected chi connectivity index (χ1v) is 10.9. The minimum absolute atomic E-state index is 0.216. The standard InChI is InChI=1S/C19H16ClF3N4O3S/c20-17-4-2-13(11-25-17)18(28)27-7-5-14(6-8-27)26-31(29,30)16-3-1-12(10-24)9-15(16)19(21,22)23/h1-4,9,11,14,26H,5-8H2. The Balaban J connectivity index is 1.71. The van der Waals surface area contributed by atoms with Crippen molar-refractivity contribution in [3.63, 3.8) is 0 Å². The van der Waals surface area contributed by atoms with Gasteiger partial charge >= 0.3 is 6.18 Å². The van der Waals surface area contributed by atoms with Crippen molar-refractivity contribution in [1.29, 1.82) is 5.26 Å². The Hall–Kier alpha value is -2.68. The molecule has 31 heavy (non-hydrogen) atoms. The number of nitrogens with one attached hydrogen (secondary N) is 1. The van der Waals surface area contributed by atoms with E-state index in [1.165, 1.54) is 23.2 Å². The molecule has 1 N–H and O–H groups in total. The molecule has 0 unspecified atom stereocenters. The number of pyridine rings is 1. The van der Waals surface area contributed by atoms with Gasteiger partial charge in [0, 0.05) is 25.3 Å². The van der Waals surface area contributed by atoms with Crippen molar-refractivity contribution < 1.29 is 26.4 Å². The second-order valence-electron chi connectivity index (χ2n) is 6.88. The van der Waals surface area contributed by atoms with Gasteiger partial charge in [0.05, 0.1) is 27.7 Å². The number of nitriles is 1. The molecule has 12 heteroatoms. The number of carbonyl (C=O) groups excluding carboxylic acids is 1. The lowest BCUT2D eigenvalue weighted by Gasteiger charge is -2.32. The van der Waals surface area contributed by atoms with Crippen LogP contribution in [0.5, 0.6) is 0 Å². The van der Waals surface area contributed by atoms with Crippen LogP contribution in [0.2, 0.25) is 5.15 Å². The first-order valence-electron chi connectivity index (χ1n) is 9.06. The fourth-order valence-corrected chi connectivity index (χ4v) is 4.85. The number of carbonyl (C=O) groups is 1. The molecule has 1 aliphatic heterocycles. The molecule has 0 aliphatic carbocycles. The molecule has 1 aromatic carbocycles. The lowest BCUT2D eigenvalue weighted by molar-refractivity contribution is -0.139. The summed E-state index contributed by atoms with van der Waals surface area (Å²) < 4.78 is 67.6. The highest BCUT2D eigenvalue weighted by Gasteiger charge is 2.38. The van der Waals surface area contributed by atoms with E-state index in [2.05, 4.69) is 9.71 Å². The fraction of sp³-hybridized carbons (Fsp3) is 0.316. The molecule has 164 valence electrons. The van der Waals surface area contributed by atoms with Gasteiger partial charge in [-0.05, 0) is 43.2 Å². The average molecular weight is 473 g/mol. The van der Waals surface area contributed by atoms with Gasteiger partial charge in [0.15, 0.2) is 0 Å². The SMILES string of the molecule is N#Cc1ccc(S(=O)(=O)NC2CCN(C(=O)c3ccc(Cl)nc3)CC2)c(C(F)(F)F)c1. The topological polar surface area (TPSA) is 103 Å². The number of piperidine rings is 1. The molecule has 2 aromatic rings. The Morgan fingerprint density at radius 3 is 2.45 bits per heavy atom. The molecule has 1 aliphatic rings. The van der Waals surface area contributed by atoms with E-state index in [0.29, 0.717) is 11.6 Å². The van der Waals surface area contributed by atoms with E-state index in [4.69, 9.17) is 16.9 Å². The molecular formula is C19H16ClF3N4O3S. The second-order valence-corrected chi connectivity index (χ2v) is 8.95. The minimum Gasteiger partial charge on any atom is -0.338 e. The maximum Gasteiger partial charge on any atom is 0.417 e. The maximum atomic E-state index is 13.3. The molecule has 0 saturated carbocycles. The van der Waals surface area contributed by atoms with E-state index in [1.54, 1.807) is 6.07 Å². The maximum absolute atomic E-state index is 13.3. The predicted octanol–water partition coefficient (Wildman–Crippen LogP) is 3.21. The number of hydrogen-bond acceptors (Lipinski definition) is 5. The van der Waals surface area contributed by atoms with Crippen LogP contribution in [0.15, 0.2) is 41.4 Å². The van der Waals surface area contributed by atoms with Gasteiger partial charge in [-0.2, -0.15) is 18.4 Å². The molecular weight excluding hydrogens is 457 g/mol. The summed E-state index contributed by atoms with van der Waals surface area (Å²) in [6.07, 6.45) is -3.16. The van der Waals surface area contributed by atoms with Crippen molar-refractivity contribution in [1.82, 2.24) is 14.6 Å². The van der Waals surface area contributed by atoms with Gasteiger partial charge in [-0.3, -0.25) is 4.79 Å². The van der Waals surface area contributed by atoms with E-state index in [9.17, 15) is 26.4 Å². The summed E-state index contributed by atoms with van der Waals surface area (Å²) in [4.78, 5) is 16.9. The van der Waals surface area contributed by atoms with Gasteiger partial charge in [-0.1, -0.05) is 11.6 Å². The Labute approximate surface area is 181 Å². The van der Waals surface area contributed by atoms with Gasteiger partial charge in [-0.25, -0.2) is 18.1 Å². The number of rotatable bonds is 4. The average Bonchev–Trinajstić information content (AvgIpc) is 2.73. The first-order chi connectivity index (χ1) is 14.5. The molecule has 1 saturated heterocycles. The van der Waals surface area contributed by atoms with Crippen molar-refractivity contribution in [3.8, 4) is 6.07 Å². The first kappa shape index (κ1) is 23.0. The summed E-state index contributed by atoms with van der Waals surface area (Å²) in [5.41, 5.74) is -1.37. The van der Waals surface area contributed by atoms with Crippen LogP contribution < -0.4 is 4.72 Å². The van der Waals surface area contributed by atoms with Crippen LogP contribution in [0.1, 0.15) is 34.3 Å². The molecule has 3 rings (SSSR count). The predicted molar refractivity (Wildman–Crippen MR) is 105 cm³/mol. The zero-order chi connectivity index (χ0) is 22.8. The lowest BCUT2D eigenvalue weighted by atomic mass is 10.1. The van der Waals surface area contributed by atoms with Gasteiger partial charge in [0.2, 0.25) is 10.0 Å². The molecule has 7 nitrogen and oxygen atoms in total. The number of nitrogens with zero attached hydrogens (tertiary/aromatic N) is 3. The molecule has 1 aromatic heterocycles. The number of halogens is 4. The monoisotopic (exact) mass is 472 g/mol. The summed E-state index contributed by atoms with van der Waals surface area (Å²) in [5.74, 6) is -0.295. The van der Waals surface area contributed by atoms with Crippen LogP contribution in [0, 0.1) is 11.3 Å². The molecule has 0 bridgehead atoms. The van der Waals surface area contributed by atoms with Gasteiger partial charge in [0.25, 0.3) is 5.91 Å². The summed E-state index contributed by atoms with van der Waals surface area (Å²) in [5, 5.41) is 9.06. The van der Waals surface area contributed by atoms with E-state index < -0.39 is 32.7 Å². The highest BCUT2D eigenvalue weighted by molar-refractivity contribution is 7.89. The van der Waals surface area contributed by atoms with Crippen LogP contribution in [0.4, 0.5) is 13.2 Å². The Morgan fingerprint density at radius 2 is 1.90 bits per heavy atom. The zero-order valence-corrected chi connectivity index (χ0v) is 17.4. The van der Waals surface area contributed by atoms with Crippen molar-refractivity contribution in [2.75, 3.05) is 13.1 Å². The van der Waals surface area contributed by atoms with E-state index in [1.807, 2.05) is 0 Å².